The van der Waals surface area contributed by atoms with Crippen molar-refractivity contribution in [1.29, 1.82) is 0 Å². The molecule has 7 aliphatic rings. The molecule has 3 saturated carbocycles. The number of hydrogen-bond acceptors (Lipinski definition) is 0. The second-order valence-electron chi connectivity index (χ2n) is 9.35. The van der Waals surface area contributed by atoms with Gasteiger partial charge >= 0.3 is 0 Å². The summed E-state index contributed by atoms with van der Waals surface area (Å²) in [5.41, 5.74) is 9.24. The molecule has 0 N–H and O–H groups in total. The Balaban J connectivity index is 1.30. The van der Waals surface area contributed by atoms with Crippen molar-refractivity contribution in [2.75, 3.05) is 0 Å². The van der Waals surface area contributed by atoms with E-state index >= 15 is 0 Å². The van der Waals surface area contributed by atoms with Gasteiger partial charge in [0.25, 0.3) is 0 Å². The van der Waals surface area contributed by atoms with Crippen molar-refractivity contribution >= 4 is 0 Å². The SMILES string of the molecule is c1cc2ccc1[C@@H]1C[13C@@H]1c1ccc(cc1)[C@@H]1C[13C@@H]1c1ccc(cc1)[C@@H]1C[13C@H]21. The van der Waals surface area contributed by atoms with Gasteiger partial charge in [0.05, 0.1) is 0 Å². The molecule has 0 aromatic heterocycles. The van der Waals surface area contributed by atoms with E-state index in [1.54, 1.807) is 0 Å². The van der Waals surface area contributed by atoms with Gasteiger partial charge in [-0.1, -0.05) is 72.8 Å². The maximum atomic E-state index is 2.41. The second kappa shape index (κ2) is 5.13. The Hall–Kier alpha value is -2.34. The van der Waals surface area contributed by atoms with Crippen molar-refractivity contribution in [3.05, 3.63) is 106 Å². The van der Waals surface area contributed by atoms with Crippen LogP contribution < -0.4 is 0 Å². The Morgan fingerprint density at radius 2 is 0.444 bits per heavy atom. The molecule has 6 atom stereocenters. The molecule has 3 aromatic carbocycles. The lowest BCUT2D eigenvalue weighted by Crippen LogP contribution is -1.91. The average molecular weight is 351 g/mol. The molecule has 0 aliphatic heterocycles. The summed E-state index contributed by atoms with van der Waals surface area (Å²) in [5.74, 6) is 4.41. The first-order valence-corrected chi connectivity index (χ1v) is 10.6. The molecule has 0 amide bonds. The number of benzene rings is 3. The van der Waals surface area contributed by atoms with Gasteiger partial charge in [-0.05, 0) is 88.2 Å². The summed E-state index contributed by atoms with van der Waals surface area (Å²) in [7, 11) is 0. The highest BCUT2D eigenvalue weighted by Crippen LogP contribution is 2.59. The van der Waals surface area contributed by atoms with Gasteiger partial charge in [0.1, 0.15) is 0 Å². The van der Waals surface area contributed by atoms with Gasteiger partial charge < -0.3 is 0 Å². The Morgan fingerprint density at radius 3 is 0.593 bits per heavy atom. The number of hydrogen-bond donors (Lipinski definition) is 0. The second-order valence-corrected chi connectivity index (χ2v) is 9.35. The van der Waals surface area contributed by atoms with Gasteiger partial charge in [-0.25, -0.2) is 0 Å². The minimum atomic E-state index is 0.735. The first-order valence-electron chi connectivity index (χ1n) is 10.6. The van der Waals surface area contributed by atoms with Crippen LogP contribution in [0.3, 0.4) is 0 Å². The van der Waals surface area contributed by atoms with Crippen LogP contribution in [0.2, 0.25) is 0 Å². The fourth-order valence-electron chi connectivity index (χ4n) is 5.77. The van der Waals surface area contributed by atoms with Gasteiger partial charge in [-0.3, -0.25) is 0 Å². The first kappa shape index (κ1) is 14.7. The van der Waals surface area contributed by atoms with E-state index in [9.17, 15) is 0 Å². The standard InChI is InChI=1S/C27H24/c1-2-17-4-3-16(1)22-13-24(22)18-5-7-20(8-6-18)26-15-27(26)21-11-9-19(10-12-21)25-14-23(17)25/h1-12,22-27H,13-15H2/t22-,23+,24+,25-,26-,27+/i22+1,25+1,26+1/m1/s1. The van der Waals surface area contributed by atoms with E-state index in [2.05, 4.69) is 72.8 Å². The predicted octanol–water partition coefficient (Wildman–Crippen LogP) is 6.81. The minimum absolute atomic E-state index is 0.735. The fourth-order valence-corrected chi connectivity index (χ4v) is 5.77. The molecule has 0 unspecified atom stereocenters. The van der Waals surface area contributed by atoms with Crippen LogP contribution in [-0.4, -0.2) is 0 Å². The van der Waals surface area contributed by atoms with Crippen molar-refractivity contribution in [2.24, 2.45) is 0 Å². The minimum Gasteiger partial charge on any atom is -0.0585 e. The van der Waals surface area contributed by atoms with Crippen LogP contribution in [0.1, 0.15) is 88.2 Å². The van der Waals surface area contributed by atoms with Crippen molar-refractivity contribution in [1.82, 2.24) is 0 Å². The third-order valence-corrected chi connectivity index (χ3v) is 7.75. The van der Waals surface area contributed by atoms with Crippen LogP contribution in [0.4, 0.5) is 0 Å². The van der Waals surface area contributed by atoms with Crippen molar-refractivity contribution in [2.45, 2.75) is 54.8 Å². The highest BCUT2D eigenvalue weighted by Gasteiger charge is 2.43. The third-order valence-electron chi connectivity index (χ3n) is 7.75. The maximum Gasteiger partial charge on any atom is -0.00868 e. The Bertz CT molecular complexity index is 791. The summed E-state index contributed by atoms with van der Waals surface area (Å²) in [6.07, 6.45) is 3.96. The molecule has 132 valence electrons. The maximum absolute atomic E-state index is 2.41. The quantitative estimate of drug-likeness (QED) is 0.390. The molecule has 0 spiro atoms. The molecule has 7 aliphatic carbocycles. The monoisotopic (exact) mass is 351 g/mol. The molecule has 0 radical (unpaired) electrons. The average Bonchev–Trinajstić information content (AvgIpc) is 3.61. The molecule has 0 nitrogen and oxygen atoms in total. The zero-order valence-corrected chi connectivity index (χ0v) is 15.5. The third kappa shape index (κ3) is 2.29. The number of rotatable bonds is 0. The molecule has 0 heteroatoms. The largest absolute Gasteiger partial charge is 0.0585 e. The summed E-state index contributed by atoms with van der Waals surface area (Å²) >= 11 is 0. The topological polar surface area (TPSA) is 0 Å². The normalized spacial score (nSPS) is 34.2. The highest BCUT2D eigenvalue weighted by atomic mass is 14.8. The Kier molecular flexibility index (Phi) is 2.79. The number of fused-ring (bicyclic) bond motifs is 2. The smallest absolute Gasteiger partial charge is 0.00868 e. The van der Waals surface area contributed by atoms with E-state index in [0.29, 0.717) is 0 Å². The van der Waals surface area contributed by atoms with Gasteiger partial charge in [-0.15, -0.1) is 0 Å². The van der Waals surface area contributed by atoms with Gasteiger partial charge in [0.15, 0.2) is 0 Å². The molecular weight excluding hydrogens is 327 g/mol. The van der Waals surface area contributed by atoms with Crippen molar-refractivity contribution < 1.29 is 0 Å². The summed E-state index contributed by atoms with van der Waals surface area (Å²) in [6.45, 7) is 0. The summed E-state index contributed by atoms with van der Waals surface area (Å²) in [5, 5.41) is 0. The van der Waals surface area contributed by atoms with E-state index in [-0.39, 0.29) is 0 Å². The van der Waals surface area contributed by atoms with Crippen LogP contribution in [0.5, 0.6) is 0 Å². The molecular formula is C27H24. The summed E-state index contributed by atoms with van der Waals surface area (Å²) < 4.78 is 0. The van der Waals surface area contributed by atoms with Crippen LogP contribution in [-0.2, 0) is 0 Å². The van der Waals surface area contributed by atoms with Crippen LogP contribution >= 0.6 is 0 Å². The van der Waals surface area contributed by atoms with Crippen molar-refractivity contribution in [3.8, 4) is 0 Å². The van der Waals surface area contributed by atoms with E-state index < -0.39 is 0 Å². The van der Waals surface area contributed by atoms with Crippen LogP contribution in [0.15, 0.2) is 72.8 Å². The fraction of sp³-hybridized carbons (Fsp3) is 0.333. The van der Waals surface area contributed by atoms with Crippen LogP contribution in [0, 0.1) is 0 Å². The Morgan fingerprint density at radius 1 is 0.296 bits per heavy atom. The molecule has 0 heterocycles. The molecule has 10 rings (SSSR count). The lowest BCUT2D eigenvalue weighted by Gasteiger charge is -2.08. The molecule has 3 fully saturated rings. The summed E-state index contributed by atoms with van der Waals surface area (Å²) in [6, 6.07) is 28.9. The zero-order chi connectivity index (χ0) is 17.5. The van der Waals surface area contributed by atoms with E-state index in [4.69, 9.17) is 0 Å². The van der Waals surface area contributed by atoms with Gasteiger partial charge in [-0.2, -0.15) is 0 Å². The van der Waals surface area contributed by atoms with Gasteiger partial charge in [0, 0.05) is 0 Å². The molecule has 3 aromatic rings. The van der Waals surface area contributed by atoms with Crippen molar-refractivity contribution in [3.63, 3.8) is 0 Å². The predicted molar refractivity (Wildman–Crippen MR) is 110 cm³/mol. The van der Waals surface area contributed by atoms with Crippen LogP contribution in [0.25, 0.3) is 0 Å². The summed E-state index contributed by atoms with van der Waals surface area (Å²) in [4.78, 5) is 0. The lowest BCUT2D eigenvalue weighted by atomic mass is 10.1. The van der Waals surface area contributed by atoms with E-state index in [1.165, 1.54) is 52.6 Å². The zero-order valence-electron chi connectivity index (χ0n) is 15.5. The van der Waals surface area contributed by atoms with Gasteiger partial charge in [0.2, 0.25) is 0 Å². The van der Waals surface area contributed by atoms with E-state index in [1.807, 2.05) is 0 Å². The molecule has 27 heavy (non-hydrogen) atoms. The highest BCUT2D eigenvalue weighted by molar-refractivity contribution is 5.45. The molecule has 0 saturated heterocycles. The molecule has 6 bridgehead atoms. The first-order chi connectivity index (χ1) is 13.3. The van der Waals surface area contributed by atoms with E-state index in [0.717, 1.165) is 35.5 Å². The Labute approximate surface area is 161 Å². The lowest BCUT2D eigenvalue weighted by molar-refractivity contribution is 0.983.